The number of hydrogen-bond acceptors (Lipinski definition) is 2. The molecule has 0 unspecified atom stereocenters. The van der Waals surface area contributed by atoms with E-state index in [0.29, 0.717) is 5.56 Å². The molecular weight excluding hydrogens is 202 g/mol. The van der Waals surface area contributed by atoms with Crippen LogP contribution in [0.3, 0.4) is 0 Å². The standard InChI is InChI=1S/C12H15N3O/c1-12(2,3)8-4-5-15-10(6-8)9(7-14-15)11(13)16/h4-7H,1-3H3,(H2,13,16). The van der Waals surface area contributed by atoms with Gasteiger partial charge in [0.15, 0.2) is 0 Å². The van der Waals surface area contributed by atoms with Crippen LogP contribution in [0.5, 0.6) is 0 Å². The van der Waals surface area contributed by atoms with Gasteiger partial charge in [-0.15, -0.1) is 0 Å². The lowest BCUT2D eigenvalue weighted by Crippen LogP contribution is -2.13. The van der Waals surface area contributed by atoms with Crippen LogP contribution in [0, 0.1) is 0 Å². The molecule has 2 rings (SSSR count). The molecule has 0 radical (unpaired) electrons. The molecule has 0 fully saturated rings. The predicted octanol–water partition coefficient (Wildman–Crippen LogP) is 1.73. The maximum atomic E-state index is 11.2. The van der Waals surface area contributed by atoms with E-state index in [-0.39, 0.29) is 5.41 Å². The average molecular weight is 217 g/mol. The lowest BCUT2D eigenvalue weighted by atomic mass is 9.87. The number of amides is 1. The van der Waals surface area contributed by atoms with Gasteiger partial charge in [-0.05, 0) is 23.1 Å². The Bertz CT molecular complexity index is 549. The summed E-state index contributed by atoms with van der Waals surface area (Å²) in [5, 5.41) is 4.08. The fourth-order valence-electron chi connectivity index (χ4n) is 1.64. The van der Waals surface area contributed by atoms with Crippen LogP contribution in [0.25, 0.3) is 5.52 Å². The summed E-state index contributed by atoms with van der Waals surface area (Å²) in [6.07, 6.45) is 3.35. The third-order valence-electron chi connectivity index (χ3n) is 2.65. The van der Waals surface area contributed by atoms with Crippen molar-refractivity contribution in [3.8, 4) is 0 Å². The number of hydrogen-bond donors (Lipinski definition) is 1. The first kappa shape index (κ1) is 10.7. The first-order valence-corrected chi connectivity index (χ1v) is 5.17. The fraction of sp³-hybridized carbons (Fsp3) is 0.333. The molecule has 0 aliphatic carbocycles. The molecule has 4 nitrogen and oxygen atoms in total. The number of pyridine rings is 1. The van der Waals surface area contributed by atoms with Gasteiger partial charge in [-0.1, -0.05) is 20.8 Å². The number of nitrogens with two attached hydrogens (primary N) is 1. The summed E-state index contributed by atoms with van der Waals surface area (Å²) in [6.45, 7) is 6.37. The summed E-state index contributed by atoms with van der Waals surface area (Å²) in [4.78, 5) is 11.2. The van der Waals surface area contributed by atoms with Gasteiger partial charge in [-0.2, -0.15) is 5.10 Å². The highest BCUT2D eigenvalue weighted by molar-refractivity contribution is 5.99. The first-order valence-electron chi connectivity index (χ1n) is 5.17. The molecule has 2 aromatic heterocycles. The van der Waals surface area contributed by atoms with E-state index in [2.05, 4.69) is 25.9 Å². The Labute approximate surface area is 94.1 Å². The van der Waals surface area contributed by atoms with Gasteiger partial charge in [0, 0.05) is 6.20 Å². The van der Waals surface area contributed by atoms with Crippen molar-refractivity contribution in [3.05, 3.63) is 35.7 Å². The van der Waals surface area contributed by atoms with Crippen LogP contribution in [0.4, 0.5) is 0 Å². The quantitative estimate of drug-likeness (QED) is 0.790. The van der Waals surface area contributed by atoms with E-state index in [0.717, 1.165) is 11.1 Å². The zero-order valence-corrected chi connectivity index (χ0v) is 9.69. The molecule has 0 aliphatic rings. The smallest absolute Gasteiger partial charge is 0.252 e. The molecular formula is C12H15N3O. The highest BCUT2D eigenvalue weighted by atomic mass is 16.1. The van der Waals surface area contributed by atoms with E-state index < -0.39 is 5.91 Å². The highest BCUT2D eigenvalue weighted by Crippen LogP contribution is 2.24. The van der Waals surface area contributed by atoms with Crippen molar-refractivity contribution in [1.29, 1.82) is 0 Å². The average Bonchev–Trinajstić information content (AvgIpc) is 2.58. The van der Waals surface area contributed by atoms with Gasteiger partial charge in [0.1, 0.15) is 0 Å². The molecule has 0 spiro atoms. The van der Waals surface area contributed by atoms with Crippen molar-refractivity contribution in [1.82, 2.24) is 9.61 Å². The number of rotatable bonds is 1. The van der Waals surface area contributed by atoms with Gasteiger partial charge < -0.3 is 5.73 Å². The van der Waals surface area contributed by atoms with Crippen LogP contribution in [0.15, 0.2) is 24.5 Å². The van der Waals surface area contributed by atoms with Crippen LogP contribution in [0.2, 0.25) is 0 Å². The molecule has 0 aliphatic heterocycles. The summed E-state index contributed by atoms with van der Waals surface area (Å²) in [5.41, 5.74) is 7.72. The first-order chi connectivity index (χ1) is 7.39. The maximum Gasteiger partial charge on any atom is 0.252 e. The van der Waals surface area contributed by atoms with Gasteiger partial charge in [0.05, 0.1) is 17.3 Å². The van der Waals surface area contributed by atoms with E-state index in [1.165, 1.54) is 6.20 Å². The summed E-state index contributed by atoms with van der Waals surface area (Å²) in [7, 11) is 0. The molecule has 2 aromatic rings. The number of aromatic nitrogens is 2. The van der Waals surface area contributed by atoms with Crippen LogP contribution in [-0.4, -0.2) is 15.5 Å². The minimum absolute atomic E-state index is 0.0426. The van der Waals surface area contributed by atoms with Gasteiger partial charge in [-0.3, -0.25) is 4.79 Å². The molecule has 16 heavy (non-hydrogen) atoms. The second-order valence-electron chi connectivity index (χ2n) is 4.92. The summed E-state index contributed by atoms with van der Waals surface area (Å²) >= 11 is 0. The van der Waals surface area contributed by atoms with Crippen molar-refractivity contribution >= 4 is 11.4 Å². The zero-order chi connectivity index (χ0) is 11.9. The maximum absolute atomic E-state index is 11.2. The van der Waals surface area contributed by atoms with E-state index >= 15 is 0 Å². The second kappa shape index (κ2) is 3.33. The van der Waals surface area contributed by atoms with E-state index in [9.17, 15) is 4.79 Å². The molecule has 84 valence electrons. The van der Waals surface area contributed by atoms with Crippen LogP contribution in [-0.2, 0) is 5.41 Å². The lowest BCUT2D eigenvalue weighted by Gasteiger charge is -2.18. The Hall–Kier alpha value is -1.84. The van der Waals surface area contributed by atoms with Crippen molar-refractivity contribution in [3.63, 3.8) is 0 Å². The Morgan fingerprint density at radius 3 is 2.69 bits per heavy atom. The van der Waals surface area contributed by atoms with Gasteiger partial charge >= 0.3 is 0 Å². The minimum atomic E-state index is -0.443. The van der Waals surface area contributed by atoms with Crippen LogP contribution in [0.1, 0.15) is 36.7 Å². The van der Waals surface area contributed by atoms with E-state index in [4.69, 9.17) is 5.73 Å². The lowest BCUT2D eigenvalue weighted by molar-refractivity contribution is 0.100. The molecule has 0 saturated heterocycles. The Morgan fingerprint density at radius 2 is 2.12 bits per heavy atom. The number of carbonyl (C=O) groups excluding carboxylic acids is 1. The van der Waals surface area contributed by atoms with Gasteiger partial charge in [0.25, 0.3) is 5.91 Å². The van der Waals surface area contributed by atoms with Crippen molar-refractivity contribution < 1.29 is 4.79 Å². The largest absolute Gasteiger partial charge is 0.365 e. The Morgan fingerprint density at radius 1 is 1.44 bits per heavy atom. The van der Waals surface area contributed by atoms with Crippen LogP contribution < -0.4 is 5.73 Å². The molecule has 4 heteroatoms. The summed E-state index contributed by atoms with van der Waals surface area (Å²) in [5.74, 6) is -0.443. The number of nitrogens with zero attached hydrogens (tertiary/aromatic N) is 2. The normalized spacial score (nSPS) is 11.9. The fourth-order valence-corrected chi connectivity index (χ4v) is 1.64. The summed E-state index contributed by atoms with van der Waals surface area (Å²) < 4.78 is 1.66. The third-order valence-corrected chi connectivity index (χ3v) is 2.65. The Kier molecular flexibility index (Phi) is 2.22. The van der Waals surface area contributed by atoms with E-state index in [1.54, 1.807) is 4.52 Å². The van der Waals surface area contributed by atoms with Crippen molar-refractivity contribution in [2.45, 2.75) is 26.2 Å². The number of fused-ring (bicyclic) bond motifs is 1. The number of primary amides is 1. The SMILES string of the molecule is CC(C)(C)c1ccn2ncc(C(N)=O)c2c1. The molecule has 0 saturated carbocycles. The molecule has 1 amide bonds. The third kappa shape index (κ3) is 1.66. The van der Waals surface area contributed by atoms with Gasteiger partial charge in [0.2, 0.25) is 0 Å². The zero-order valence-electron chi connectivity index (χ0n) is 9.69. The van der Waals surface area contributed by atoms with Crippen LogP contribution >= 0.6 is 0 Å². The monoisotopic (exact) mass is 217 g/mol. The summed E-state index contributed by atoms with van der Waals surface area (Å²) in [6, 6.07) is 3.97. The number of carbonyl (C=O) groups is 1. The minimum Gasteiger partial charge on any atom is -0.365 e. The molecule has 0 bridgehead atoms. The van der Waals surface area contributed by atoms with Gasteiger partial charge in [-0.25, -0.2) is 4.52 Å². The van der Waals surface area contributed by atoms with E-state index in [1.807, 2.05) is 18.3 Å². The molecule has 0 aromatic carbocycles. The molecule has 2 N–H and O–H groups in total. The molecule has 0 atom stereocenters. The highest BCUT2D eigenvalue weighted by Gasteiger charge is 2.16. The van der Waals surface area contributed by atoms with Crippen molar-refractivity contribution in [2.24, 2.45) is 5.73 Å². The topological polar surface area (TPSA) is 60.4 Å². The predicted molar refractivity (Wildman–Crippen MR) is 62.4 cm³/mol. The van der Waals surface area contributed by atoms with Crippen molar-refractivity contribution in [2.75, 3.05) is 0 Å². The molecule has 2 heterocycles. The second-order valence-corrected chi connectivity index (χ2v) is 4.92. The Balaban J connectivity index is 2.68.